The molecule has 23 heavy (non-hydrogen) atoms. The summed E-state index contributed by atoms with van der Waals surface area (Å²) in [5.74, 6) is -0.103. The Morgan fingerprint density at radius 1 is 1.22 bits per heavy atom. The highest BCUT2D eigenvalue weighted by molar-refractivity contribution is 7.89. The molecule has 1 N–H and O–H groups in total. The molecule has 0 radical (unpaired) electrons. The van der Waals surface area contributed by atoms with Gasteiger partial charge in [0.15, 0.2) is 0 Å². The predicted octanol–water partition coefficient (Wildman–Crippen LogP) is 2.04. The van der Waals surface area contributed by atoms with Gasteiger partial charge < -0.3 is 5.32 Å². The molecule has 124 valence electrons. The fourth-order valence-electron chi connectivity index (χ4n) is 2.00. The van der Waals surface area contributed by atoms with Crippen molar-refractivity contribution >= 4 is 27.3 Å². The van der Waals surface area contributed by atoms with Gasteiger partial charge in [-0.05, 0) is 30.5 Å². The van der Waals surface area contributed by atoms with Gasteiger partial charge in [0, 0.05) is 25.0 Å². The van der Waals surface area contributed by atoms with Crippen molar-refractivity contribution in [2.24, 2.45) is 0 Å². The molecule has 1 aromatic heterocycles. The third kappa shape index (κ3) is 4.89. The second kappa shape index (κ2) is 7.72. The summed E-state index contributed by atoms with van der Waals surface area (Å²) in [6, 6.07) is 10.5. The molecule has 1 heterocycles. The van der Waals surface area contributed by atoms with Crippen LogP contribution in [0.1, 0.15) is 10.4 Å². The number of rotatable bonds is 7. The molecular formula is C16H20N2O3S2. The van der Waals surface area contributed by atoms with Crippen LogP contribution < -0.4 is 5.32 Å². The standard InChI is InChI=1S/C16H20N2O3S2/c1-13-5-7-15(8-6-13)23(20,21)18(2)10-9-17-16(19)12-14-4-3-11-22-14/h3-8,11H,9-10,12H2,1-2H3,(H,17,19). The number of hydrogen-bond acceptors (Lipinski definition) is 4. The van der Waals surface area contributed by atoms with E-state index in [4.69, 9.17) is 0 Å². The zero-order chi connectivity index (χ0) is 16.9. The summed E-state index contributed by atoms with van der Waals surface area (Å²) in [5, 5.41) is 4.67. The molecule has 0 saturated carbocycles. The van der Waals surface area contributed by atoms with Crippen LogP contribution in [0.5, 0.6) is 0 Å². The smallest absolute Gasteiger partial charge is 0.242 e. The number of hydrogen-bond donors (Lipinski definition) is 1. The average molecular weight is 352 g/mol. The van der Waals surface area contributed by atoms with Gasteiger partial charge in [0.2, 0.25) is 15.9 Å². The number of carbonyl (C=O) groups is 1. The van der Waals surface area contributed by atoms with Gasteiger partial charge in [-0.3, -0.25) is 4.79 Å². The third-order valence-electron chi connectivity index (χ3n) is 3.39. The minimum Gasteiger partial charge on any atom is -0.354 e. The first-order valence-corrected chi connectivity index (χ1v) is 9.53. The van der Waals surface area contributed by atoms with E-state index in [2.05, 4.69) is 5.32 Å². The topological polar surface area (TPSA) is 66.5 Å². The van der Waals surface area contributed by atoms with Crippen molar-refractivity contribution in [2.75, 3.05) is 20.1 Å². The molecule has 1 aromatic carbocycles. The Kier molecular flexibility index (Phi) is 5.92. The molecule has 5 nitrogen and oxygen atoms in total. The summed E-state index contributed by atoms with van der Waals surface area (Å²) >= 11 is 1.53. The summed E-state index contributed by atoms with van der Waals surface area (Å²) in [5.41, 5.74) is 1.01. The summed E-state index contributed by atoms with van der Waals surface area (Å²) in [7, 11) is -2.01. The second-order valence-electron chi connectivity index (χ2n) is 5.25. The first-order chi connectivity index (χ1) is 10.9. The van der Waals surface area contributed by atoms with Crippen molar-refractivity contribution in [2.45, 2.75) is 18.2 Å². The number of thiophene rings is 1. The van der Waals surface area contributed by atoms with Crippen LogP contribution in [0.4, 0.5) is 0 Å². The summed E-state index contributed by atoms with van der Waals surface area (Å²) in [6.07, 6.45) is 0.325. The highest BCUT2D eigenvalue weighted by atomic mass is 32.2. The van der Waals surface area contributed by atoms with E-state index < -0.39 is 10.0 Å². The zero-order valence-corrected chi connectivity index (χ0v) is 14.8. The fraction of sp³-hybridized carbons (Fsp3) is 0.312. The lowest BCUT2D eigenvalue weighted by molar-refractivity contribution is -0.120. The lowest BCUT2D eigenvalue weighted by Gasteiger charge is -2.17. The van der Waals surface area contributed by atoms with Crippen molar-refractivity contribution in [1.82, 2.24) is 9.62 Å². The van der Waals surface area contributed by atoms with E-state index in [0.717, 1.165) is 10.4 Å². The molecule has 0 bridgehead atoms. The van der Waals surface area contributed by atoms with Crippen LogP contribution in [0.15, 0.2) is 46.7 Å². The molecule has 0 atom stereocenters. The van der Waals surface area contributed by atoms with E-state index in [9.17, 15) is 13.2 Å². The molecule has 0 spiro atoms. The maximum Gasteiger partial charge on any atom is 0.242 e. The quantitative estimate of drug-likeness (QED) is 0.829. The minimum atomic E-state index is -3.52. The number of aryl methyl sites for hydroxylation is 1. The summed E-state index contributed by atoms with van der Waals surface area (Å²) < 4.78 is 26.0. The number of benzene rings is 1. The third-order valence-corrected chi connectivity index (χ3v) is 6.14. The van der Waals surface area contributed by atoms with Gasteiger partial charge in [0.05, 0.1) is 11.3 Å². The first-order valence-electron chi connectivity index (χ1n) is 7.21. The van der Waals surface area contributed by atoms with E-state index in [1.54, 1.807) is 24.3 Å². The monoisotopic (exact) mass is 352 g/mol. The summed E-state index contributed by atoms with van der Waals surface area (Å²) in [4.78, 5) is 13.0. The van der Waals surface area contributed by atoms with Gasteiger partial charge in [-0.1, -0.05) is 23.8 Å². The minimum absolute atomic E-state index is 0.103. The molecule has 0 aliphatic carbocycles. The van der Waals surface area contributed by atoms with E-state index in [0.29, 0.717) is 6.42 Å². The lowest BCUT2D eigenvalue weighted by atomic mass is 10.2. The Morgan fingerprint density at radius 2 is 1.91 bits per heavy atom. The zero-order valence-electron chi connectivity index (χ0n) is 13.2. The van der Waals surface area contributed by atoms with Crippen LogP contribution >= 0.6 is 11.3 Å². The van der Waals surface area contributed by atoms with E-state index in [1.807, 2.05) is 24.4 Å². The highest BCUT2D eigenvalue weighted by Crippen LogP contribution is 2.14. The number of amides is 1. The van der Waals surface area contributed by atoms with Crippen molar-refractivity contribution in [1.29, 1.82) is 0 Å². The van der Waals surface area contributed by atoms with Gasteiger partial charge >= 0.3 is 0 Å². The molecule has 0 fully saturated rings. The maximum absolute atomic E-state index is 12.4. The van der Waals surface area contributed by atoms with E-state index in [-0.39, 0.29) is 23.9 Å². The molecule has 2 rings (SSSR count). The van der Waals surface area contributed by atoms with Gasteiger partial charge in [-0.2, -0.15) is 4.31 Å². The average Bonchev–Trinajstić information content (AvgIpc) is 3.00. The summed E-state index contributed by atoms with van der Waals surface area (Å²) in [6.45, 7) is 2.42. The predicted molar refractivity (Wildman–Crippen MR) is 92.0 cm³/mol. The molecule has 0 aliphatic rings. The Balaban J connectivity index is 1.85. The molecule has 1 amide bonds. The van der Waals surface area contributed by atoms with Gasteiger partial charge in [0.1, 0.15) is 0 Å². The van der Waals surface area contributed by atoms with Crippen LogP contribution in [0.2, 0.25) is 0 Å². The number of nitrogens with one attached hydrogen (secondary N) is 1. The van der Waals surface area contributed by atoms with E-state index >= 15 is 0 Å². The second-order valence-corrected chi connectivity index (χ2v) is 8.32. The van der Waals surface area contributed by atoms with Crippen LogP contribution in [0.25, 0.3) is 0 Å². The Morgan fingerprint density at radius 3 is 2.52 bits per heavy atom. The number of carbonyl (C=O) groups excluding carboxylic acids is 1. The molecule has 0 unspecified atom stereocenters. The van der Waals surface area contributed by atoms with Crippen molar-refractivity contribution in [3.05, 3.63) is 52.2 Å². The van der Waals surface area contributed by atoms with Crippen LogP contribution in [-0.4, -0.2) is 38.8 Å². The number of likely N-dealkylation sites (N-methyl/N-ethyl adjacent to an activating group) is 1. The van der Waals surface area contributed by atoms with E-state index in [1.165, 1.54) is 22.7 Å². The molecule has 0 saturated heterocycles. The van der Waals surface area contributed by atoms with Gasteiger partial charge in [-0.15, -0.1) is 11.3 Å². The molecule has 2 aromatic rings. The van der Waals surface area contributed by atoms with Crippen LogP contribution in [0, 0.1) is 6.92 Å². The molecular weight excluding hydrogens is 332 g/mol. The Hall–Kier alpha value is -1.70. The SMILES string of the molecule is Cc1ccc(S(=O)(=O)N(C)CCNC(=O)Cc2cccs2)cc1. The Labute approximate surface area is 141 Å². The lowest BCUT2D eigenvalue weighted by Crippen LogP contribution is -2.36. The highest BCUT2D eigenvalue weighted by Gasteiger charge is 2.20. The molecule has 0 aliphatic heterocycles. The van der Waals surface area contributed by atoms with Crippen molar-refractivity contribution in [3.8, 4) is 0 Å². The van der Waals surface area contributed by atoms with Gasteiger partial charge in [0.25, 0.3) is 0 Å². The van der Waals surface area contributed by atoms with Gasteiger partial charge in [-0.25, -0.2) is 8.42 Å². The fourth-order valence-corrected chi connectivity index (χ4v) is 3.87. The number of nitrogens with zero attached hydrogens (tertiary/aromatic N) is 1. The normalized spacial score (nSPS) is 11.6. The maximum atomic E-state index is 12.4. The van der Waals surface area contributed by atoms with Crippen molar-refractivity contribution < 1.29 is 13.2 Å². The number of sulfonamides is 1. The van der Waals surface area contributed by atoms with Crippen LogP contribution in [0.3, 0.4) is 0 Å². The molecule has 7 heteroatoms. The largest absolute Gasteiger partial charge is 0.354 e. The van der Waals surface area contributed by atoms with Crippen LogP contribution in [-0.2, 0) is 21.2 Å². The Bertz CT molecular complexity index is 738. The first kappa shape index (κ1) is 17.7. The van der Waals surface area contributed by atoms with Crippen molar-refractivity contribution in [3.63, 3.8) is 0 Å².